The minimum absolute atomic E-state index is 0.0940. The van der Waals surface area contributed by atoms with Crippen LogP contribution in [-0.4, -0.2) is 47.4 Å². The smallest absolute Gasteiger partial charge is 0.277 e. The highest BCUT2D eigenvalue weighted by molar-refractivity contribution is 6.35. The third-order valence-electron chi connectivity index (χ3n) is 6.07. The summed E-state index contributed by atoms with van der Waals surface area (Å²) < 4.78 is 5.75. The van der Waals surface area contributed by atoms with Crippen LogP contribution in [0, 0.1) is 0 Å². The van der Waals surface area contributed by atoms with E-state index in [1.807, 2.05) is 38.1 Å². The Morgan fingerprint density at radius 2 is 1.52 bits per heavy atom. The van der Waals surface area contributed by atoms with E-state index in [-0.39, 0.29) is 17.9 Å². The number of hydrogen-bond donors (Lipinski definition) is 0. The number of likely N-dealkylation sites (tertiary alicyclic amines) is 1. The van der Waals surface area contributed by atoms with E-state index in [1.54, 1.807) is 0 Å². The predicted molar refractivity (Wildman–Crippen MR) is 125 cm³/mol. The summed E-state index contributed by atoms with van der Waals surface area (Å²) in [6, 6.07) is 7.61. The average Bonchev–Trinajstić information content (AvgIpc) is 3.01. The predicted octanol–water partition coefficient (Wildman–Crippen LogP) is 5.40. The molecule has 0 aliphatic carbocycles. The molecule has 1 aromatic rings. The summed E-state index contributed by atoms with van der Waals surface area (Å²) >= 11 is 0. The highest BCUT2D eigenvalue weighted by atomic mass is 16.5. The van der Waals surface area contributed by atoms with Crippen LogP contribution in [0.2, 0.25) is 0 Å². The molecule has 0 radical (unpaired) electrons. The number of nitrogens with zero attached hydrogens (tertiary/aromatic N) is 2. The van der Waals surface area contributed by atoms with Gasteiger partial charge in [-0.3, -0.25) is 14.5 Å². The molecule has 0 N–H and O–H groups in total. The molecule has 0 saturated carbocycles. The maximum absolute atomic E-state index is 13.4. The largest absolute Gasteiger partial charge is 0.491 e. The molecule has 2 aliphatic rings. The SMILES string of the molecule is CCCCCCCCN1C(=O)C(c2ccc(OC(C)C)cc2)=C(N2CCCCC2)C1=O. The highest BCUT2D eigenvalue weighted by Crippen LogP contribution is 2.34. The van der Waals surface area contributed by atoms with Gasteiger partial charge in [-0.2, -0.15) is 0 Å². The third kappa shape index (κ3) is 5.90. The summed E-state index contributed by atoms with van der Waals surface area (Å²) in [6.07, 6.45) is 10.2. The maximum atomic E-state index is 13.4. The van der Waals surface area contributed by atoms with Gasteiger partial charge in [-0.15, -0.1) is 0 Å². The van der Waals surface area contributed by atoms with Gasteiger partial charge in [-0.05, 0) is 57.2 Å². The molecule has 0 aromatic heterocycles. The Kier molecular flexibility index (Phi) is 8.56. The van der Waals surface area contributed by atoms with E-state index in [1.165, 1.54) is 37.0 Å². The molecular weight excluding hydrogens is 388 g/mol. The van der Waals surface area contributed by atoms with Crippen molar-refractivity contribution < 1.29 is 14.3 Å². The first-order valence-corrected chi connectivity index (χ1v) is 12.2. The highest BCUT2D eigenvalue weighted by Gasteiger charge is 2.41. The molecule has 1 saturated heterocycles. The molecule has 170 valence electrons. The topological polar surface area (TPSA) is 49.9 Å². The molecule has 3 rings (SSSR count). The summed E-state index contributed by atoms with van der Waals surface area (Å²) in [5, 5.41) is 0. The van der Waals surface area contributed by atoms with Crippen LogP contribution in [0.15, 0.2) is 30.0 Å². The van der Waals surface area contributed by atoms with Crippen LogP contribution in [-0.2, 0) is 9.59 Å². The van der Waals surface area contributed by atoms with Crippen LogP contribution in [0.25, 0.3) is 5.57 Å². The molecule has 1 fully saturated rings. The van der Waals surface area contributed by atoms with Gasteiger partial charge in [0.15, 0.2) is 0 Å². The van der Waals surface area contributed by atoms with E-state index in [0.717, 1.165) is 50.1 Å². The number of amides is 2. The lowest BCUT2D eigenvalue weighted by atomic mass is 10.0. The number of hydrogen-bond acceptors (Lipinski definition) is 4. The molecule has 31 heavy (non-hydrogen) atoms. The zero-order valence-corrected chi connectivity index (χ0v) is 19.5. The first-order chi connectivity index (χ1) is 15.0. The fraction of sp³-hybridized carbons (Fsp3) is 0.615. The molecule has 5 nitrogen and oxygen atoms in total. The second-order valence-electron chi connectivity index (χ2n) is 8.99. The van der Waals surface area contributed by atoms with E-state index >= 15 is 0 Å². The van der Waals surface area contributed by atoms with Crippen molar-refractivity contribution in [3.8, 4) is 5.75 Å². The summed E-state index contributed by atoms with van der Waals surface area (Å²) in [7, 11) is 0. The number of benzene rings is 1. The quantitative estimate of drug-likeness (QED) is 0.351. The second-order valence-corrected chi connectivity index (χ2v) is 8.99. The van der Waals surface area contributed by atoms with Crippen LogP contribution >= 0.6 is 0 Å². The van der Waals surface area contributed by atoms with Gasteiger partial charge in [0.2, 0.25) is 0 Å². The zero-order chi connectivity index (χ0) is 22.2. The minimum atomic E-state index is -0.142. The number of piperidine rings is 1. The first kappa shape index (κ1) is 23.4. The van der Waals surface area contributed by atoms with Crippen molar-refractivity contribution in [2.75, 3.05) is 19.6 Å². The van der Waals surface area contributed by atoms with Gasteiger partial charge in [-0.1, -0.05) is 51.2 Å². The lowest BCUT2D eigenvalue weighted by Gasteiger charge is -2.29. The fourth-order valence-electron chi connectivity index (χ4n) is 4.46. The van der Waals surface area contributed by atoms with E-state index in [4.69, 9.17) is 4.74 Å². The molecular formula is C26H38N2O3. The van der Waals surface area contributed by atoms with Gasteiger partial charge in [0.1, 0.15) is 11.4 Å². The van der Waals surface area contributed by atoms with Crippen molar-refractivity contribution in [2.24, 2.45) is 0 Å². The normalized spacial score (nSPS) is 17.3. The average molecular weight is 427 g/mol. The van der Waals surface area contributed by atoms with Gasteiger partial charge in [0.25, 0.3) is 11.8 Å². The van der Waals surface area contributed by atoms with Gasteiger partial charge in [0.05, 0.1) is 11.7 Å². The van der Waals surface area contributed by atoms with E-state index < -0.39 is 0 Å². The Bertz CT molecular complexity index is 776. The lowest BCUT2D eigenvalue weighted by Crippen LogP contribution is -2.37. The Morgan fingerprint density at radius 3 is 2.16 bits per heavy atom. The molecule has 2 amide bonds. The number of carbonyl (C=O) groups is 2. The third-order valence-corrected chi connectivity index (χ3v) is 6.07. The Morgan fingerprint density at radius 1 is 0.871 bits per heavy atom. The molecule has 1 aromatic carbocycles. The number of ether oxygens (including phenoxy) is 1. The number of unbranched alkanes of at least 4 members (excludes halogenated alkanes) is 5. The lowest BCUT2D eigenvalue weighted by molar-refractivity contribution is -0.137. The Hall–Kier alpha value is -2.30. The van der Waals surface area contributed by atoms with Crippen LogP contribution in [0.3, 0.4) is 0 Å². The molecule has 0 unspecified atom stereocenters. The fourth-order valence-corrected chi connectivity index (χ4v) is 4.46. The van der Waals surface area contributed by atoms with Gasteiger partial charge in [0, 0.05) is 19.6 Å². The molecule has 2 heterocycles. The number of rotatable bonds is 11. The van der Waals surface area contributed by atoms with Gasteiger partial charge in [-0.25, -0.2) is 0 Å². The summed E-state index contributed by atoms with van der Waals surface area (Å²) in [6.45, 7) is 8.39. The second kappa shape index (κ2) is 11.4. The van der Waals surface area contributed by atoms with Crippen LogP contribution in [0.5, 0.6) is 5.75 Å². The molecule has 0 bridgehead atoms. The summed E-state index contributed by atoms with van der Waals surface area (Å²) in [5.74, 6) is 0.522. The standard InChI is InChI=1S/C26H38N2O3/c1-4-5-6-7-8-12-19-28-25(29)23(21-13-15-22(16-14-21)31-20(2)3)24(26(28)30)27-17-10-9-11-18-27/h13-16,20H,4-12,17-19H2,1-3H3. The van der Waals surface area contributed by atoms with E-state index in [2.05, 4.69) is 11.8 Å². The number of carbonyl (C=O) groups excluding carboxylic acids is 2. The molecule has 2 aliphatic heterocycles. The Balaban J connectivity index is 1.79. The molecule has 0 spiro atoms. The van der Waals surface area contributed by atoms with E-state index in [0.29, 0.717) is 17.8 Å². The van der Waals surface area contributed by atoms with Crippen molar-refractivity contribution >= 4 is 17.4 Å². The van der Waals surface area contributed by atoms with Gasteiger partial charge >= 0.3 is 0 Å². The molecule has 0 atom stereocenters. The van der Waals surface area contributed by atoms with Crippen LogP contribution < -0.4 is 4.74 Å². The van der Waals surface area contributed by atoms with Crippen molar-refractivity contribution in [3.63, 3.8) is 0 Å². The van der Waals surface area contributed by atoms with Crippen molar-refractivity contribution in [2.45, 2.75) is 84.7 Å². The van der Waals surface area contributed by atoms with Crippen molar-refractivity contribution in [1.29, 1.82) is 0 Å². The van der Waals surface area contributed by atoms with Crippen molar-refractivity contribution in [3.05, 3.63) is 35.5 Å². The maximum Gasteiger partial charge on any atom is 0.277 e. The monoisotopic (exact) mass is 426 g/mol. The first-order valence-electron chi connectivity index (χ1n) is 12.2. The summed E-state index contributed by atoms with van der Waals surface area (Å²) in [5.41, 5.74) is 1.97. The Labute approximate surface area is 187 Å². The molecule has 5 heteroatoms. The van der Waals surface area contributed by atoms with Crippen molar-refractivity contribution in [1.82, 2.24) is 9.80 Å². The van der Waals surface area contributed by atoms with Crippen LogP contribution in [0.1, 0.15) is 84.1 Å². The van der Waals surface area contributed by atoms with Crippen LogP contribution in [0.4, 0.5) is 0 Å². The number of imide groups is 1. The zero-order valence-electron chi connectivity index (χ0n) is 19.5. The summed E-state index contributed by atoms with van der Waals surface area (Å²) in [4.78, 5) is 30.4. The van der Waals surface area contributed by atoms with E-state index in [9.17, 15) is 9.59 Å². The van der Waals surface area contributed by atoms with Gasteiger partial charge < -0.3 is 9.64 Å². The minimum Gasteiger partial charge on any atom is -0.491 e.